The first kappa shape index (κ1) is 20.9. The second-order valence-electron chi connectivity index (χ2n) is 7.31. The number of aliphatic hydroxyl groups is 1. The second-order valence-corrected chi connectivity index (χ2v) is 7.31. The summed E-state index contributed by atoms with van der Waals surface area (Å²) < 4.78 is 4.77. The standard InChI is InChI=1S/C21H27N3O5/c1-29-21(28)17-13-24(11-12-25)20(27)18(17)22-16-9-7-14(8-10-16)19(26)23-15-5-3-2-4-6-15/h7-10,15,22,25H,2-6,11-13H2,1H3,(H,23,26). The van der Waals surface area contributed by atoms with Gasteiger partial charge in [-0.25, -0.2) is 4.79 Å². The van der Waals surface area contributed by atoms with Gasteiger partial charge in [0.15, 0.2) is 0 Å². The minimum absolute atomic E-state index is 0.0796. The van der Waals surface area contributed by atoms with Crippen molar-refractivity contribution in [3.63, 3.8) is 0 Å². The van der Waals surface area contributed by atoms with Crippen molar-refractivity contribution < 1.29 is 24.2 Å². The van der Waals surface area contributed by atoms with E-state index < -0.39 is 5.97 Å². The van der Waals surface area contributed by atoms with Crippen molar-refractivity contribution in [3.8, 4) is 0 Å². The van der Waals surface area contributed by atoms with E-state index in [4.69, 9.17) is 9.84 Å². The van der Waals surface area contributed by atoms with E-state index >= 15 is 0 Å². The zero-order valence-corrected chi connectivity index (χ0v) is 16.6. The Bertz CT molecular complexity index is 797. The van der Waals surface area contributed by atoms with Crippen LogP contribution in [0.3, 0.4) is 0 Å². The Morgan fingerprint density at radius 1 is 1.17 bits per heavy atom. The second kappa shape index (κ2) is 9.56. The molecule has 1 fully saturated rings. The Morgan fingerprint density at radius 3 is 2.48 bits per heavy atom. The van der Waals surface area contributed by atoms with Crippen LogP contribution in [0.2, 0.25) is 0 Å². The van der Waals surface area contributed by atoms with Crippen LogP contribution in [-0.2, 0) is 14.3 Å². The van der Waals surface area contributed by atoms with Gasteiger partial charge in [-0.15, -0.1) is 0 Å². The third kappa shape index (κ3) is 4.95. The van der Waals surface area contributed by atoms with Crippen LogP contribution in [0.4, 0.5) is 5.69 Å². The molecule has 8 nitrogen and oxygen atoms in total. The molecule has 1 saturated carbocycles. The van der Waals surface area contributed by atoms with Crippen LogP contribution in [0.25, 0.3) is 0 Å². The molecule has 1 aromatic rings. The van der Waals surface area contributed by atoms with Crippen LogP contribution in [0, 0.1) is 0 Å². The van der Waals surface area contributed by atoms with Crippen molar-refractivity contribution in [3.05, 3.63) is 41.1 Å². The number of benzene rings is 1. The van der Waals surface area contributed by atoms with Crippen LogP contribution in [0.15, 0.2) is 35.5 Å². The molecule has 1 aliphatic heterocycles. The number of β-amino-alcohol motifs (C(OH)–C–C–N with tert-alkyl or cyclic N) is 1. The van der Waals surface area contributed by atoms with E-state index in [9.17, 15) is 14.4 Å². The van der Waals surface area contributed by atoms with Crippen molar-refractivity contribution in [2.75, 3.05) is 32.1 Å². The van der Waals surface area contributed by atoms with Crippen molar-refractivity contribution in [2.45, 2.75) is 38.1 Å². The van der Waals surface area contributed by atoms with Crippen molar-refractivity contribution in [2.24, 2.45) is 0 Å². The van der Waals surface area contributed by atoms with E-state index in [-0.39, 0.29) is 48.8 Å². The van der Waals surface area contributed by atoms with E-state index in [1.807, 2.05) is 0 Å². The third-order valence-corrected chi connectivity index (χ3v) is 5.31. The Kier molecular flexibility index (Phi) is 6.87. The fourth-order valence-electron chi connectivity index (χ4n) is 3.71. The van der Waals surface area contributed by atoms with Crippen molar-refractivity contribution in [1.29, 1.82) is 0 Å². The molecular weight excluding hydrogens is 374 g/mol. The molecule has 0 aromatic heterocycles. The molecule has 2 amide bonds. The number of carbonyl (C=O) groups is 3. The first-order chi connectivity index (χ1) is 14.0. The minimum atomic E-state index is -0.593. The van der Waals surface area contributed by atoms with Gasteiger partial charge in [-0.1, -0.05) is 19.3 Å². The van der Waals surface area contributed by atoms with Crippen LogP contribution in [0.5, 0.6) is 0 Å². The largest absolute Gasteiger partial charge is 0.466 e. The van der Waals surface area contributed by atoms with Gasteiger partial charge in [-0.3, -0.25) is 9.59 Å². The number of esters is 1. The van der Waals surface area contributed by atoms with Gasteiger partial charge in [0.1, 0.15) is 5.70 Å². The average Bonchev–Trinajstić information content (AvgIpc) is 3.04. The zero-order chi connectivity index (χ0) is 20.8. The molecule has 0 radical (unpaired) electrons. The number of hydrogen-bond donors (Lipinski definition) is 3. The normalized spacial score (nSPS) is 17.4. The van der Waals surface area contributed by atoms with E-state index in [2.05, 4.69) is 10.6 Å². The fourth-order valence-corrected chi connectivity index (χ4v) is 3.71. The van der Waals surface area contributed by atoms with Crippen molar-refractivity contribution >= 4 is 23.5 Å². The van der Waals surface area contributed by atoms with Gasteiger partial charge in [0.05, 0.1) is 25.8 Å². The number of aliphatic hydroxyl groups excluding tert-OH is 1. The number of nitrogens with one attached hydrogen (secondary N) is 2. The molecule has 3 N–H and O–H groups in total. The summed E-state index contributed by atoms with van der Waals surface area (Å²) in [6, 6.07) is 6.99. The van der Waals surface area contributed by atoms with E-state index in [0.717, 1.165) is 25.7 Å². The summed E-state index contributed by atoms with van der Waals surface area (Å²) in [7, 11) is 1.26. The number of anilines is 1. The summed E-state index contributed by atoms with van der Waals surface area (Å²) in [6.45, 7) is 0.0132. The van der Waals surface area contributed by atoms with Crippen LogP contribution in [-0.4, -0.2) is 60.6 Å². The van der Waals surface area contributed by atoms with Gasteiger partial charge < -0.3 is 25.4 Å². The molecule has 0 unspecified atom stereocenters. The predicted molar refractivity (Wildman–Crippen MR) is 107 cm³/mol. The van der Waals surface area contributed by atoms with Gasteiger partial charge in [0.25, 0.3) is 11.8 Å². The summed E-state index contributed by atoms with van der Waals surface area (Å²) >= 11 is 0. The maximum absolute atomic E-state index is 12.5. The summed E-state index contributed by atoms with van der Waals surface area (Å²) in [6.07, 6.45) is 5.55. The lowest BCUT2D eigenvalue weighted by Crippen LogP contribution is -2.36. The van der Waals surface area contributed by atoms with Crippen molar-refractivity contribution in [1.82, 2.24) is 10.2 Å². The smallest absolute Gasteiger partial charge is 0.337 e. The highest BCUT2D eigenvalue weighted by atomic mass is 16.5. The molecule has 1 heterocycles. The molecule has 29 heavy (non-hydrogen) atoms. The summed E-state index contributed by atoms with van der Waals surface area (Å²) in [5.41, 5.74) is 1.47. The quantitative estimate of drug-likeness (QED) is 0.597. The van der Waals surface area contributed by atoms with Gasteiger partial charge in [-0.05, 0) is 37.1 Å². The fraction of sp³-hybridized carbons (Fsp3) is 0.476. The van der Waals surface area contributed by atoms with E-state index in [0.29, 0.717) is 11.3 Å². The molecule has 3 rings (SSSR count). The Morgan fingerprint density at radius 2 is 1.86 bits per heavy atom. The molecule has 156 valence electrons. The first-order valence-corrected chi connectivity index (χ1v) is 9.93. The zero-order valence-electron chi connectivity index (χ0n) is 16.6. The lowest BCUT2D eigenvalue weighted by Gasteiger charge is -2.22. The Balaban J connectivity index is 1.69. The van der Waals surface area contributed by atoms with Gasteiger partial charge in [0.2, 0.25) is 0 Å². The molecule has 8 heteroatoms. The van der Waals surface area contributed by atoms with Gasteiger partial charge >= 0.3 is 5.97 Å². The average molecular weight is 401 g/mol. The Hall–Kier alpha value is -2.87. The molecule has 0 atom stereocenters. The van der Waals surface area contributed by atoms with Crippen LogP contribution in [0.1, 0.15) is 42.5 Å². The first-order valence-electron chi connectivity index (χ1n) is 9.93. The molecular formula is C21H27N3O5. The van der Waals surface area contributed by atoms with E-state index in [1.165, 1.54) is 18.4 Å². The minimum Gasteiger partial charge on any atom is -0.466 e. The highest BCUT2D eigenvalue weighted by molar-refractivity contribution is 6.08. The third-order valence-electron chi connectivity index (χ3n) is 5.31. The molecule has 1 aliphatic carbocycles. The monoisotopic (exact) mass is 401 g/mol. The van der Waals surface area contributed by atoms with Gasteiger partial charge in [-0.2, -0.15) is 0 Å². The number of amides is 2. The molecule has 2 aliphatic rings. The number of carbonyl (C=O) groups excluding carboxylic acids is 3. The predicted octanol–water partition coefficient (Wildman–Crippen LogP) is 1.42. The van der Waals surface area contributed by atoms with Crippen LogP contribution >= 0.6 is 0 Å². The summed E-state index contributed by atoms with van der Waals surface area (Å²) in [4.78, 5) is 38.4. The molecule has 0 bridgehead atoms. The topological polar surface area (TPSA) is 108 Å². The van der Waals surface area contributed by atoms with E-state index in [1.54, 1.807) is 24.3 Å². The highest BCUT2D eigenvalue weighted by Crippen LogP contribution is 2.23. The SMILES string of the molecule is COC(=O)C1=C(Nc2ccc(C(=O)NC3CCCCC3)cc2)C(=O)N(CCO)C1. The summed E-state index contributed by atoms with van der Waals surface area (Å²) in [5, 5.41) is 15.2. The molecule has 0 saturated heterocycles. The number of methoxy groups -OCH3 is 1. The maximum Gasteiger partial charge on any atom is 0.337 e. The number of hydrogen-bond acceptors (Lipinski definition) is 6. The molecule has 1 aromatic carbocycles. The number of ether oxygens (including phenoxy) is 1. The van der Waals surface area contributed by atoms with Gasteiger partial charge in [0, 0.05) is 23.8 Å². The lowest BCUT2D eigenvalue weighted by molar-refractivity contribution is -0.136. The maximum atomic E-state index is 12.5. The number of rotatable bonds is 7. The Labute approximate surface area is 169 Å². The van der Waals surface area contributed by atoms with Crippen LogP contribution < -0.4 is 10.6 Å². The lowest BCUT2D eigenvalue weighted by atomic mass is 9.95. The summed E-state index contributed by atoms with van der Waals surface area (Å²) in [5.74, 6) is -1.08. The molecule has 0 spiro atoms. The highest BCUT2D eigenvalue weighted by Gasteiger charge is 2.34. The number of nitrogens with zero attached hydrogens (tertiary/aromatic N) is 1.